The summed E-state index contributed by atoms with van der Waals surface area (Å²) in [6.45, 7) is 1.76. The molecule has 0 spiro atoms. The maximum atomic E-state index is 12.8. The molecule has 0 aliphatic carbocycles. The lowest BCUT2D eigenvalue weighted by atomic mass is 10.1. The van der Waals surface area contributed by atoms with Crippen molar-refractivity contribution in [2.45, 2.75) is 18.7 Å². The molecule has 88 valence electrons. The average molecular weight is 294 g/mol. The second kappa shape index (κ2) is 5.89. The third-order valence-corrected chi connectivity index (χ3v) is 2.44. The third kappa shape index (κ3) is 2.75. The van der Waals surface area contributed by atoms with Gasteiger partial charge in [0.2, 0.25) is 0 Å². The van der Waals surface area contributed by atoms with Crippen LogP contribution in [-0.4, -0.2) is 17.6 Å². The third-order valence-electron chi connectivity index (χ3n) is 1.91. The maximum absolute atomic E-state index is 12.8. The van der Waals surface area contributed by atoms with Crippen LogP contribution in [0, 0.1) is 0 Å². The van der Waals surface area contributed by atoms with Gasteiger partial charge in [0.05, 0.1) is 23.4 Å². The molecule has 0 unspecified atom stereocenters. The van der Waals surface area contributed by atoms with Gasteiger partial charge in [0.25, 0.3) is 6.43 Å². The lowest BCUT2D eigenvalue weighted by molar-refractivity contribution is 0.0514. The summed E-state index contributed by atoms with van der Waals surface area (Å²) in [7, 11) is 0. The van der Waals surface area contributed by atoms with Crippen LogP contribution in [0.1, 0.15) is 35.0 Å². The molecule has 1 heterocycles. The average Bonchev–Trinajstić information content (AvgIpc) is 2.28. The van der Waals surface area contributed by atoms with Crippen molar-refractivity contribution in [2.24, 2.45) is 0 Å². The summed E-state index contributed by atoms with van der Waals surface area (Å²) in [5.74, 6) is -0.748. The first-order valence-electron chi connectivity index (χ1n) is 4.60. The van der Waals surface area contributed by atoms with E-state index in [1.54, 1.807) is 6.92 Å². The van der Waals surface area contributed by atoms with Crippen molar-refractivity contribution in [3.8, 4) is 0 Å². The molecule has 0 saturated carbocycles. The molecule has 0 atom stereocenters. The van der Waals surface area contributed by atoms with Crippen LogP contribution >= 0.6 is 15.9 Å². The lowest BCUT2D eigenvalue weighted by Crippen LogP contribution is -2.11. The largest absolute Gasteiger partial charge is 0.462 e. The van der Waals surface area contributed by atoms with Crippen LogP contribution in [0.15, 0.2) is 12.3 Å². The zero-order valence-electron chi connectivity index (χ0n) is 8.54. The Kier molecular flexibility index (Phi) is 4.79. The summed E-state index contributed by atoms with van der Waals surface area (Å²) >= 11 is 3.05. The van der Waals surface area contributed by atoms with Gasteiger partial charge in [-0.1, -0.05) is 15.9 Å². The van der Waals surface area contributed by atoms with Gasteiger partial charge in [0.1, 0.15) is 0 Å². The Hall–Kier alpha value is -1.04. The van der Waals surface area contributed by atoms with E-state index in [-0.39, 0.29) is 28.8 Å². The molecular formula is C10H10BrF2NO2. The van der Waals surface area contributed by atoms with Gasteiger partial charge in [0.15, 0.2) is 0 Å². The zero-order valence-corrected chi connectivity index (χ0v) is 10.1. The SMILES string of the molecule is CCOC(=O)c1ccnc(CBr)c1C(F)F. The van der Waals surface area contributed by atoms with E-state index in [4.69, 9.17) is 4.74 Å². The standard InChI is InChI=1S/C10H10BrF2NO2/c1-2-16-10(15)6-3-4-14-7(5-11)8(6)9(12)13/h3-4,9H,2,5H2,1H3. The van der Waals surface area contributed by atoms with E-state index >= 15 is 0 Å². The second-order valence-electron chi connectivity index (χ2n) is 2.87. The number of hydrogen-bond donors (Lipinski definition) is 0. The fraction of sp³-hybridized carbons (Fsp3) is 0.400. The summed E-state index contributed by atoms with van der Waals surface area (Å²) in [6, 6.07) is 1.24. The van der Waals surface area contributed by atoms with Crippen LogP contribution in [0.2, 0.25) is 0 Å². The number of aromatic nitrogens is 1. The van der Waals surface area contributed by atoms with Gasteiger partial charge in [-0.05, 0) is 13.0 Å². The van der Waals surface area contributed by atoms with E-state index in [1.807, 2.05) is 0 Å². The van der Waals surface area contributed by atoms with Gasteiger partial charge in [-0.2, -0.15) is 0 Å². The predicted molar refractivity (Wildman–Crippen MR) is 57.8 cm³/mol. The van der Waals surface area contributed by atoms with Crippen molar-refractivity contribution >= 4 is 21.9 Å². The van der Waals surface area contributed by atoms with Crippen LogP contribution < -0.4 is 0 Å². The quantitative estimate of drug-likeness (QED) is 0.633. The van der Waals surface area contributed by atoms with Crippen molar-refractivity contribution in [3.05, 3.63) is 29.1 Å². The number of carbonyl (C=O) groups is 1. The molecule has 0 N–H and O–H groups in total. The van der Waals surface area contributed by atoms with Crippen LogP contribution in [0.3, 0.4) is 0 Å². The Bertz CT molecular complexity index is 385. The Morgan fingerprint density at radius 1 is 1.62 bits per heavy atom. The van der Waals surface area contributed by atoms with Gasteiger partial charge < -0.3 is 4.74 Å². The maximum Gasteiger partial charge on any atom is 0.338 e. The highest BCUT2D eigenvalue weighted by Crippen LogP contribution is 2.27. The molecule has 16 heavy (non-hydrogen) atoms. The summed E-state index contributed by atoms with van der Waals surface area (Å²) in [5.41, 5.74) is -0.334. The van der Waals surface area contributed by atoms with Crippen LogP contribution in [-0.2, 0) is 10.1 Å². The van der Waals surface area contributed by atoms with Crippen molar-refractivity contribution in [1.82, 2.24) is 4.98 Å². The smallest absolute Gasteiger partial charge is 0.338 e. The van der Waals surface area contributed by atoms with Crippen molar-refractivity contribution in [1.29, 1.82) is 0 Å². The Morgan fingerprint density at radius 3 is 2.81 bits per heavy atom. The molecule has 1 rings (SSSR count). The number of alkyl halides is 3. The molecule has 0 aliphatic rings. The minimum absolute atomic E-state index is 0.124. The Balaban J connectivity index is 3.22. The second-order valence-corrected chi connectivity index (χ2v) is 3.43. The highest BCUT2D eigenvalue weighted by atomic mass is 79.9. The van der Waals surface area contributed by atoms with Gasteiger partial charge in [-0.25, -0.2) is 13.6 Å². The minimum Gasteiger partial charge on any atom is -0.462 e. The molecule has 1 aromatic rings. The van der Waals surface area contributed by atoms with Crippen molar-refractivity contribution in [3.63, 3.8) is 0 Å². The summed E-state index contributed by atoms with van der Waals surface area (Å²) < 4.78 is 30.3. The Labute approximate surface area is 99.9 Å². The first kappa shape index (κ1) is 13.0. The zero-order chi connectivity index (χ0) is 12.1. The van der Waals surface area contributed by atoms with E-state index < -0.39 is 12.4 Å². The number of carbonyl (C=O) groups excluding carboxylic acids is 1. The summed E-state index contributed by atoms with van der Waals surface area (Å²) in [5, 5.41) is 0.167. The first-order valence-corrected chi connectivity index (χ1v) is 5.73. The van der Waals surface area contributed by atoms with Crippen molar-refractivity contribution < 1.29 is 18.3 Å². The normalized spacial score (nSPS) is 10.6. The van der Waals surface area contributed by atoms with Crippen LogP contribution in [0.5, 0.6) is 0 Å². The molecule has 0 aromatic carbocycles. The number of nitrogens with zero attached hydrogens (tertiary/aromatic N) is 1. The van der Waals surface area contributed by atoms with Gasteiger partial charge in [-0.15, -0.1) is 0 Å². The van der Waals surface area contributed by atoms with Gasteiger partial charge in [0, 0.05) is 11.5 Å². The predicted octanol–water partition coefficient (Wildman–Crippen LogP) is 3.09. The van der Waals surface area contributed by atoms with Crippen LogP contribution in [0.4, 0.5) is 8.78 Å². The van der Waals surface area contributed by atoms with Crippen LogP contribution in [0.25, 0.3) is 0 Å². The molecule has 0 saturated heterocycles. The molecule has 3 nitrogen and oxygen atoms in total. The van der Waals surface area contributed by atoms with E-state index in [1.165, 1.54) is 12.3 Å². The molecule has 0 aliphatic heterocycles. The molecular weight excluding hydrogens is 284 g/mol. The van der Waals surface area contributed by atoms with E-state index in [0.717, 1.165) is 0 Å². The number of hydrogen-bond acceptors (Lipinski definition) is 3. The molecule has 0 fully saturated rings. The fourth-order valence-electron chi connectivity index (χ4n) is 1.25. The fourth-order valence-corrected chi connectivity index (χ4v) is 1.70. The van der Waals surface area contributed by atoms with Gasteiger partial charge >= 0.3 is 5.97 Å². The molecule has 0 bridgehead atoms. The lowest BCUT2D eigenvalue weighted by Gasteiger charge is -2.10. The van der Waals surface area contributed by atoms with E-state index in [0.29, 0.717) is 0 Å². The number of rotatable bonds is 4. The number of halogens is 3. The summed E-state index contributed by atoms with van der Waals surface area (Å²) in [4.78, 5) is 15.2. The molecule has 0 radical (unpaired) electrons. The monoisotopic (exact) mass is 293 g/mol. The van der Waals surface area contributed by atoms with Gasteiger partial charge in [-0.3, -0.25) is 4.98 Å². The topological polar surface area (TPSA) is 39.2 Å². The van der Waals surface area contributed by atoms with E-state index in [9.17, 15) is 13.6 Å². The van der Waals surface area contributed by atoms with E-state index in [2.05, 4.69) is 20.9 Å². The Morgan fingerprint density at radius 2 is 2.31 bits per heavy atom. The first-order chi connectivity index (χ1) is 7.61. The molecule has 0 amide bonds. The molecule has 1 aromatic heterocycles. The highest BCUT2D eigenvalue weighted by Gasteiger charge is 2.23. The minimum atomic E-state index is -2.75. The molecule has 6 heteroatoms. The number of esters is 1. The number of ether oxygens (including phenoxy) is 1. The highest BCUT2D eigenvalue weighted by molar-refractivity contribution is 9.08. The van der Waals surface area contributed by atoms with Crippen molar-refractivity contribution in [2.75, 3.05) is 6.61 Å². The number of pyridine rings is 1. The summed E-state index contributed by atoms with van der Waals surface area (Å²) in [6.07, 6.45) is -1.44.